The van der Waals surface area contributed by atoms with Gasteiger partial charge in [-0.2, -0.15) is 11.8 Å². The summed E-state index contributed by atoms with van der Waals surface area (Å²) in [5.74, 6) is 2.42. The van der Waals surface area contributed by atoms with Crippen LogP contribution in [0.5, 0.6) is 0 Å². The van der Waals surface area contributed by atoms with Crippen LogP contribution >= 0.6 is 24.2 Å². The summed E-state index contributed by atoms with van der Waals surface area (Å²) in [7, 11) is 0. The Hall–Kier alpha value is -0.710. The molecule has 0 atom stereocenters. The second-order valence-corrected chi connectivity index (χ2v) is 6.17. The first-order valence-electron chi connectivity index (χ1n) is 6.54. The lowest BCUT2D eigenvalue weighted by molar-refractivity contribution is 0.0935. The van der Waals surface area contributed by atoms with Gasteiger partial charge in [0.25, 0.3) is 5.91 Å². The number of fused-ring (bicyclic) bond motifs is 1. The van der Waals surface area contributed by atoms with Crippen LogP contribution < -0.4 is 10.6 Å². The number of hydrogen-bond acceptors (Lipinski definition) is 3. The van der Waals surface area contributed by atoms with Crippen LogP contribution in [0.3, 0.4) is 0 Å². The van der Waals surface area contributed by atoms with E-state index in [1.165, 1.54) is 22.6 Å². The molecule has 0 aliphatic carbocycles. The lowest BCUT2D eigenvalue weighted by atomic mass is 10.1. The number of amides is 1. The molecule has 0 unspecified atom stereocenters. The van der Waals surface area contributed by atoms with Crippen LogP contribution in [0.15, 0.2) is 18.2 Å². The smallest absolute Gasteiger partial charge is 0.251 e. The highest BCUT2D eigenvalue weighted by Crippen LogP contribution is 2.19. The van der Waals surface area contributed by atoms with E-state index in [4.69, 9.17) is 0 Å². The van der Waals surface area contributed by atoms with Crippen molar-refractivity contribution in [2.24, 2.45) is 0 Å². The van der Waals surface area contributed by atoms with Crippen LogP contribution in [0.25, 0.3) is 0 Å². The first-order chi connectivity index (χ1) is 8.83. The summed E-state index contributed by atoms with van der Waals surface area (Å²) in [6.45, 7) is 1.81. The number of halogens is 1. The Morgan fingerprint density at radius 3 is 2.74 bits per heavy atom. The molecule has 1 aromatic carbocycles. The second kappa shape index (κ2) is 6.64. The zero-order valence-corrected chi connectivity index (χ0v) is 12.4. The minimum Gasteiger partial charge on any atom is -0.349 e. The first kappa shape index (κ1) is 14.7. The van der Waals surface area contributed by atoms with Gasteiger partial charge in [0.2, 0.25) is 0 Å². The topological polar surface area (TPSA) is 41.1 Å². The zero-order chi connectivity index (χ0) is 12.4. The van der Waals surface area contributed by atoms with Crippen LogP contribution in [0, 0.1) is 0 Å². The van der Waals surface area contributed by atoms with E-state index in [0.717, 1.165) is 31.5 Å². The predicted octanol–water partition coefficient (Wildman–Crippen LogP) is 2.34. The average molecular weight is 299 g/mol. The molecule has 0 spiro atoms. The summed E-state index contributed by atoms with van der Waals surface area (Å²) >= 11 is 1.98. The van der Waals surface area contributed by atoms with Gasteiger partial charge in [-0.25, -0.2) is 0 Å². The Bertz CT molecular complexity index is 461. The van der Waals surface area contributed by atoms with Gasteiger partial charge < -0.3 is 10.6 Å². The van der Waals surface area contributed by atoms with E-state index in [-0.39, 0.29) is 18.3 Å². The Morgan fingerprint density at radius 2 is 1.95 bits per heavy atom. The van der Waals surface area contributed by atoms with Gasteiger partial charge >= 0.3 is 0 Å². The summed E-state index contributed by atoms with van der Waals surface area (Å²) in [6.07, 6.45) is 2.20. The molecule has 2 aliphatic rings. The molecule has 19 heavy (non-hydrogen) atoms. The second-order valence-electron chi connectivity index (χ2n) is 4.95. The third-order valence-electron chi connectivity index (χ3n) is 3.66. The minimum atomic E-state index is 0. The molecule has 0 saturated carbocycles. The number of carbonyl (C=O) groups is 1. The molecule has 1 aromatic rings. The van der Waals surface area contributed by atoms with Crippen molar-refractivity contribution in [1.29, 1.82) is 0 Å². The summed E-state index contributed by atoms with van der Waals surface area (Å²) in [5, 5.41) is 6.45. The SMILES string of the molecule is Cl.O=C(NC1CCSCC1)c1ccc2c(c1)CNC2. The van der Waals surface area contributed by atoms with Crippen LogP contribution in [0.1, 0.15) is 34.3 Å². The lowest BCUT2D eigenvalue weighted by Crippen LogP contribution is -2.37. The molecule has 2 heterocycles. The fraction of sp³-hybridized carbons (Fsp3) is 0.500. The number of hydrogen-bond donors (Lipinski definition) is 2. The van der Waals surface area contributed by atoms with Crippen molar-refractivity contribution >= 4 is 30.1 Å². The fourth-order valence-electron chi connectivity index (χ4n) is 2.55. The van der Waals surface area contributed by atoms with Gasteiger partial charge in [-0.1, -0.05) is 6.07 Å². The third-order valence-corrected chi connectivity index (χ3v) is 4.70. The standard InChI is InChI=1S/C14H18N2OS.ClH/c17-14(16-13-3-5-18-6-4-13)10-1-2-11-8-15-9-12(11)7-10;/h1-2,7,13,15H,3-6,8-9H2,(H,16,17);1H. The summed E-state index contributed by atoms with van der Waals surface area (Å²) in [5.41, 5.74) is 3.39. The van der Waals surface area contributed by atoms with E-state index >= 15 is 0 Å². The quantitative estimate of drug-likeness (QED) is 0.880. The fourth-order valence-corrected chi connectivity index (χ4v) is 3.65. The van der Waals surface area contributed by atoms with Crippen molar-refractivity contribution in [2.45, 2.75) is 32.0 Å². The molecule has 0 bridgehead atoms. The first-order valence-corrected chi connectivity index (χ1v) is 7.69. The third kappa shape index (κ3) is 3.44. The van der Waals surface area contributed by atoms with Crippen molar-refractivity contribution in [1.82, 2.24) is 10.6 Å². The van der Waals surface area contributed by atoms with Crippen molar-refractivity contribution in [3.8, 4) is 0 Å². The number of benzene rings is 1. The highest BCUT2D eigenvalue weighted by molar-refractivity contribution is 7.99. The molecule has 3 rings (SSSR count). The largest absolute Gasteiger partial charge is 0.349 e. The molecule has 2 N–H and O–H groups in total. The molecule has 3 nitrogen and oxygen atoms in total. The maximum atomic E-state index is 12.2. The Morgan fingerprint density at radius 1 is 1.21 bits per heavy atom. The van der Waals surface area contributed by atoms with Crippen molar-refractivity contribution in [3.63, 3.8) is 0 Å². The van der Waals surface area contributed by atoms with Crippen LogP contribution in [-0.2, 0) is 13.1 Å². The van der Waals surface area contributed by atoms with Crippen LogP contribution in [0.4, 0.5) is 0 Å². The number of rotatable bonds is 2. The Balaban J connectivity index is 0.00000133. The Labute approximate surface area is 124 Å². The van der Waals surface area contributed by atoms with Gasteiger partial charge in [0.05, 0.1) is 0 Å². The molecule has 1 fully saturated rings. The van der Waals surface area contributed by atoms with Crippen molar-refractivity contribution in [3.05, 3.63) is 34.9 Å². The minimum absolute atomic E-state index is 0. The molecule has 104 valence electrons. The highest BCUT2D eigenvalue weighted by atomic mass is 35.5. The molecular weight excluding hydrogens is 280 g/mol. The van der Waals surface area contributed by atoms with E-state index < -0.39 is 0 Å². The normalized spacial score (nSPS) is 18.5. The van der Waals surface area contributed by atoms with Gasteiger partial charge in [0.1, 0.15) is 0 Å². The van der Waals surface area contributed by atoms with E-state index in [0.29, 0.717) is 6.04 Å². The highest BCUT2D eigenvalue weighted by Gasteiger charge is 2.18. The number of nitrogens with one attached hydrogen (secondary N) is 2. The lowest BCUT2D eigenvalue weighted by Gasteiger charge is -2.22. The van der Waals surface area contributed by atoms with E-state index in [1.54, 1.807) is 0 Å². The van der Waals surface area contributed by atoms with Crippen LogP contribution in [0.2, 0.25) is 0 Å². The Kier molecular flexibility index (Phi) is 5.13. The predicted molar refractivity (Wildman–Crippen MR) is 82.0 cm³/mol. The van der Waals surface area contributed by atoms with E-state index in [1.807, 2.05) is 23.9 Å². The maximum Gasteiger partial charge on any atom is 0.251 e. The van der Waals surface area contributed by atoms with Gasteiger partial charge in [-0.3, -0.25) is 4.79 Å². The summed E-state index contributed by atoms with van der Waals surface area (Å²) in [4.78, 5) is 12.2. The molecule has 1 amide bonds. The number of carbonyl (C=O) groups excluding carboxylic acids is 1. The molecule has 0 aromatic heterocycles. The molecule has 1 saturated heterocycles. The molecule has 5 heteroatoms. The van der Waals surface area contributed by atoms with Crippen molar-refractivity contribution < 1.29 is 4.79 Å². The van der Waals surface area contributed by atoms with Crippen molar-refractivity contribution in [2.75, 3.05) is 11.5 Å². The van der Waals surface area contributed by atoms with Crippen LogP contribution in [-0.4, -0.2) is 23.5 Å². The molecule has 0 radical (unpaired) electrons. The molecule has 2 aliphatic heterocycles. The van der Waals surface area contributed by atoms with Gasteiger partial charge in [0, 0.05) is 24.7 Å². The average Bonchev–Trinajstić information content (AvgIpc) is 2.87. The summed E-state index contributed by atoms with van der Waals surface area (Å²) < 4.78 is 0. The number of thioether (sulfide) groups is 1. The monoisotopic (exact) mass is 298 g/mol. The van der Waals surface area contributed by atoms with E-state index in [9.17, 15) is 4.79 Å². The van der Waals surface area contributed by atoms with E-state index in [2.05, 4.69) is 16.7 Å². The van der Waals surface area contributed by atoms with Gasteiger partial charge in [0.15, 0.2) is 0 Å². The molecular formula is C14H19ClN2OS. The van der Waals surface area contributed by atoms with Gasteiger partial charge in [-0.05, 0) is 47.6 Å². The summed E-state index contributed by atoms with van der Waals surface area (Å²) in [6, 6.07) is 6.41. The maximum absolute atomic E-state index is 12.2. The zero-order valence-electron chi connectivity index (χ0n) is 10.8. The van der Waals surface area contributed by atoms with Gasteiger partial charge in [-0.15, -0.1) is 12.4 Å².